The Bertz CT molecular complexity index is 375. The molecular formula is C3H4O6S2. The van der Waals surface area contributed by atoms with E-state index in [1.165, 1.54) is 11.2 Å². The zero-order valence-corrected chi connectivity index (χ0v) is 6.68. The molecule has 0 fully saturated rings. The van der Waals surface area contributed by atoms with Crippen molar-refractivity contribution in [1.29, 1.82) is 0 Å². The topological polar surface area (TPSA) is 109 Å². The van der Waals surface area contributed by atoms with Crippen LogP contribution in [0, 0.1) is 11.2 Å². The Morgan fingerprint density at radius 3 is 1.82 bits per heavy atom. The van der Waals surface area contributed by atoms with E-state index in [-0.39, 0.29) is 0 Å². The first-order chi connectivity index (χ1) is 4.71. The second-order valence-electron chi connectivity index (χ2n) is 1.48. The van der Waals surface area contributed by atoms with Gasteiger partial charge in [0.15, 0.2) is 0 Å². The maximum Gasteiger partial charge on any atom is 0.335 e. The van der Waals surface area contributed by atoms with Crippen LogP contribution in [-0.4, -0.2) is 31.7 Å². The van der Waals surface area contributed by atoms with Gasteiger partial charge in [0.05, 0.1) is 5.25 Å². The van der Waals surface area contributed by atoms with Crippen molar-refractivity contribution in [3.05, 3.63) is 0 Å². The molecule has 0 amide bonds. The summed E-state index contributed by atoms with van der Waals surface area (Å²) in [7, 11) is -8.78. The molecule has 0 bridgehead atoms. The molecule has 11 heavy (non-hydrogen) atoms. The van der Waals surface area contributed by atoms with Crippen LogP contribution in [0.4, 0.5) is 0 Å². The first-order valence-electron chi connectivity index (χ1n) is 2.13. The molecule has 0 aliphatic carbocycles. The number of rotatable bonds is 1. The highest BCUT2D eigenvalue weighted by Gasteiger charge is 2.00. The van der Waals surface area contributed by atoms with Crippen LogP contribution >= 0.6 is 0 Å². The minimum absolute atomic E-state index is 1.02. The summed E-state index contributed by atoms with van der Waals surface area (Å²) in [6, 6.07) is 0. The Balaban J connectivity index is 4.41. The first kappa shape index (κ1) is 10.4. The molecule has 0 radical (unpaired) electrons. The van der Waals surface area contributed by atoms with Crippen LogP contribution in [0.5, 0.6) is 0 Å². The fourth-order valence-corrected chi connectivity index (χ4v) is 0.812. The quantitative estimate of drug-likeness (QED) is 0.403. The molecule has 8 heteroatoms. The van der Waals surface area contributed by atoms with Gasteiger partial charge < -0.3 is 0 Å². The van der Waals surface area contributed by atoms with Crippen LogP contribution < -0.4 is 0 Å². The van der Waals surface area contributed by atoms with E-state index in [1.54, 1.807) is 0 Å². The molecule has 0 aromatic carbocycles. The molecule has 0 aromatic rings. The van der Waals surface area contributed by atoms with Crippen LogP contribution in [0.15, 0.2) is 0 Å². The second-order valence-corrected chi connectivity index (χ2v) is 4.09. The highest BCUT2D eigenvalue weighted by Crippen LogP contribution is 1.80. The first-order valence-corrected chi connectivity index (χ1v) is 5.18. The van der Waals surface area contributed by atoms with Crippen molar-refractivity contribution in [1.82, 2.24) is 0 Å². The Labute approximate surface area is 63.7 Å². The molecule has 0 aromatic heterocycles. The molecule has 0 heterocycles. The molecule has 0 saturated carbocycles. The summed E-state index contributed by atoms with van der Waals surface area (Å²) in [5.74, 6) is 0.518. The van der Waals surface area contributed by atoms with E-state index in [4.69, 9.17) is 9.11 Å². The van der Waals surface area contributed by atoms with Crippen molar-refractivity contribution in [3.8, 4) is 11.2 Å². The van der Waals surface area contributed by atoms with Crippen molar-refractivity contribution in [2.45, 2.75) is 0 Å². The fourth-order valence-electron chi connectivity index (χ4n) is 0.212. The number of hydrogen-bond donors (Lipinski definition) is 2. The van der Waals surface area contributed by atoms with E-state index in [0.29, 0.717) is 0 Å². The van der Waals surface area contributed by atoms with Crippen LogP contribution in [0.1, 0.15) is 0 Å². The lowest BCUT2D eigenvalue weighted by atomic mass is 10.8. The summed E-state index contributed by atoms with van der Waals surface area (Å²) < 4.78 is 55.4. The third kappa shape index (κ3) is 9.38. The molecule has 0 unspecified atom stereocenters. The third-order valence-electron chi connectivity index (χ3n) is 0.456. The van der Waals surface area contributed by atoms with Gasteiger partial charge in [-0.05, 0) is 0 Å². The van der Waals surface area contributed by atoms with E-state index in [1.807, 2.05) is 0 Å². The molecule has 6 nitrogen and oxygen atoms in total. The van der Waals surface area contributed by atoms with Gasteiger partial charge in [0, 0.05) is 0 Å². The van der Waals surface area contributed by atoms with Crippen molar-refractivity contribution in [2.24, 2.45) is 0 Å². The Morgan fingerprint density at radius 1 is 1.09 bits per heavy atom. The van der Waals surface area contributed by atoms with Crippen molar-refractivity contribution in [3.63, 3.8) is 0 Å². The molecule has 0 aliphatic heterocycles. The van der Waals surface area contributed by atoms with Gasteiger partial charge in [-0.15, -0.1) is 0 Å². The van der Waals surface area contributed by atoms with E-state index in [9.17, 15) is 16.8 Å². The van der Waals surface area contributed by atoms with Gasteiger partial charge in [-0.25, -0.2) is 0 Å². The van der Waals surface area contributed by atoms with Gasteiger partial charge in [-0.1, -0.05) is 5.92 Å². The molecule has 64 valence electrons. The standard InChI is InChI=1S/C3H4O6S2/c4-10(5,6)2-1-3-11(7,8)9/h2H2,(H,4,5,6)(H,7,8,9). The normalized spacial score (nSPS) is 11.8. The van der Waals surface area contributed by atoms with Crippen LogP contribution in [-0.2, 0) is 20.2 Å². The fraction of sp³-hybridized carbons (Fsp3) is 0.333. The summed E-state index contributed by atoms with van der Waals surface area (Å²) in [5.41, 5.74) is 0. The van der Waals surface area contributed by atoms with E-state index >= 15 is 0 Å². The zero-order chi connectivity index (χ0) is 9.12. The molecule has 0 saturated heterocycles. The predicted molar refractivity (Wildman–Crippen MR) is 35.7 cm³/mol. The van der Waals surface area contributed by atoms with Gasteiger partial charge in [0.25, 0.3) is 10.1 Å². The third-order valence-corrected chi connectivity index (χ3v) is 1.37. The molecule has 0 aliphatic rings. The maximum atomic E-state index is 9.89. The van der Waals surface area contributed by atoms with E-state index in [2.05, 4.69) is 0 Å². The Hall–Kier alpha value is -0.620. The molecule has 0 atom stereocenters. The van der Waals surface area contributed by atoms with Gasteiger partial charge in [-0.2, -0.15) is 16.8 Å². The summed E-state index contributed by atoms with van der Waals surface area (Å²) in [5, 5.41) is 1.22. The highest BCUT2D eigenvalue weighted by molar-refractivity contribution is 7.90. The maximum absolute atomic E-state index is 9.89. The summed E-state index contributed by atoms with van der Waals surface area (Å²) in [6.45, 7) is 0. The van der Waals surface area contributed by atoms with Crippen LogP contribution in [0.2, 0.25) is 0 Å². The lowest BCUT2D eigenvalue weighted by molar-refractivity contribution is 0.487. The van der Waals surface area contributed by atoms with Gasteiger partial charge in [0.1, 0.15) is 5.75 Å². The predicted octanol–water partition coefficient (Wildman–Crippen LogP) is -1.28. The molecule has 0 spiro atoms. The number of hydrogen-bond acceptors (Lipinski definition) is 4. The van der Waals surface area contributed by atoms with Crippen LogP contribution in [0.3, 0.4) is 0 Å². The monoisotopic (exact) mass is 200 g/mol. The second kappa shape index (κ2) is 3.19. The summed E-state index contributed by atoms with van der Waals surface area (Å²) >= 11 is 0. The minimum atomic E-state index is -4.48. The highest BCUT2D eigenvalue weighted by atomic mass is 32.2. The summed E-state index contributed by atoms with van der Waals surface area (Å²) in [6.07, 6.45) is 0. The van der Waals surface area contributed by atoms with Gasteiger partial charge in [-0.3, -0.25) is 9.11 Å². The molecule has 0 rings (SSSR count). The lowest BCUT2D eigenvalue weighted by Crippen LogP contribution is -2.01. The average Bonchev–Trinajstić information content (AvgIpc) is 1.55. The van der Waals surface area contributed by atoms with Crippen LogP contribution in [0.25, 0.3) is 0 Å². The van der Waals surface area contributed by atoms with Gasteiger partial charge in [0.2, 0.25) is 0 Å². The molecular weight excluding hydrogens is 196 g/mol. The minimum Gasteiger partial charge on any atom is -0.285 e. The summed E-state index contributed by atoms with van der Waals surface area (Å²) in [4.78, 5) is 0. The molecule has 2 N–H and O–H groups in total. The van der Waals surface area contributed by atoms with E-state index in [0.717, 1.165) is 0 Å². The van der Waals surface area contributed by atoms with Gasteiger partial charge >= 0.3 is 10.1 Å². The van der Waals surface area contributed by atoms with E-state index < -0.39 is 26.0 Å². The SMILES string of the molecule is O=S(=O)(O)C#CCS(=O)(=O)O. The van der Waals surface area contributed by atoms with Crippen molar-refractivity contribution >= 4 is 20.2 Å². The lowest BCUT2D eigenvalue weighted by Gasteiger charge is -1.82. The Morgan fingerprint density at radius 2 is 1.55 bits per heavy atom. The Kier molecular flexibility index (Phi) is 3.01. The average molecular weight is 200 g/mol. The van der Waals surface area contributed by atoms with Crippen molar-refractivity contribution < 1.29 is 25.9 Å². The van der Waals surface area contributed by atoms with Crippen molar-refractivity contribution in [2.75, 3.05) is 5.75 Å². The zero-order valence-electron chi connectivity index (χ0n) is 5.05. The smallest absolute Gasteiger partial charge is 0.285 e. The largest absolute Gasteiger partial charge is 0.335 e.